The lowest BCUT2D eigenvalue weighted by atomic mass is 10.1. The fourth-order valence-corrected chi connectivity index (χ4v) is 2.26. The molecule has 0 aliphatic carbocycles. The third-order valence-electron chi connectivity index (χ3n) is 3.04. The highest BCUT2D eigenvalue weighted by Crippen LogP contribution is 2.37. The van der Waals surface area contributed by atoms with Gasteiger partial charge in [-0.3, -0.25) is 0 Å². The number of rotatable bonds is 3. The van der Waals surface area contributed by atoms with Crippen LogP contribution in [0.5, 0.6) is 11.5 Å². The van der Waals surface area contributed by atoms with Crippen LogP contribution in [0.1, 0.15) is 5.56 Å². The van der Waals surface area contributed by atoms with E-state index in [1.54, 1.807) is 7.11 Å². The predicted molar refractivity (Wildman–Crippen MR) is 85.8 cm³/mol. The monoisotopic (exact) mass is 344 g/mol. The number of azo groups is 1. The maximum Gasteiger partial charge on any atom is 0.150 e. The van der Waals surface area contributed by atoms with Crippen LogP contribution in [0.2, 0.25) is 0 Å². The van der Waals surface area contributed by atoms with E-state index in [0.29, 0.717) is 18.0 Å². The molecule has 0 radical (unpaired) electrons. The van der Waals surface area contributed by atoms with Gasteiger partial charge in [-0.2, -0.15) is 5.11 Å². The molecular weight excluding hydrogens is 332 g/mol. The molecule has 0 atom stereocenters. The van der Waals surface area contributed by atoms with Gasteiger partial charge in [0.25, 0.3) is 0 Å². The second-order valence-corrected chi connectivity index (χ2v) is 5.37. The van der Waals surface area contributed by atoms with Crippen LogP contribution < -0.4 is 9.47 Å². The average molecular weight is 345 g/mol. The number of ether oxygens (including phenoxy) is 2. The van der Waals surface area contributed by atoms with Gasteiger partial charge in [-0.25, -0.2) is 0 Å². The zero-order valence-electron chi connectivity index (χ0n) is 11.4. The van der Waals surface area contributed by atoms with Gasteiger partial charge in [-0.05, 0) is 36.4 Å². The Bertz CT molecular complexity index is 709. The second-order valence-electron chi connectivity index (χ2n) is 4.45. The Morgan fingerprint density at radius 1 is 1.14 bits per heavy atom. The van der Waals surface area contributed by atoms with E-state index in [9.17, 15) is 0 Å². The molecule has 0 saturated carbocycles. The molecule has 4 nitrogen and oxygen atoms in total. The number of halogens is 1. The first-order chi connectivity index (χ1) is 10.3. The van der Waals surface area contributed by atoms with Crippen LogP contribution in [0.15, 0.2) is 57.2 Å². The number of hydrogen-bond donors (Lipinski definition) is 0. The van der Waals surface area contributed by atoms with Gasteiger partial charge in [0.1, 0.15) is 23.8 Å². The van der Waals surface area contributed by atoms with Gasteiger partial charge in [-0.15, -0.1) is 5.11 Å². The zero-order chi connectivity index (χ0) is 14.7. The number of nitrogens with zero attached hydrogens (tertiary/aromatic N) is 2. The SMILES string of the molecule is COc1cc2c(cc1/N=N/c1ccc(Br)cc1)C=CCO2. The van der Waals surface area contributed by atoms with Gasteiger partial charge in [0, 0.05) is 16.1 Å². The van der Waals surface area contributed by atoms with E-state index >= 15 is 0 Å². The van der Waals surface area contributed by atoms with Crippen molar-refractivity contribution in [2.75, 3.05) is 13.7 Å². The molecule has 5 heteroatoms. The molecule has 2 aromatic rings. The fraction of sp³-hybridized carbons (Fsp3) is 0.125. The van der Waals surface area contributed by atoms with Gasteiger partial charge >= 0.3 is 0 Å². The Labute approximate surface area is 131 Å². The molecule has 0 fully saturated rings. The van der Waals surface area contributed by atoms with Crippen molar-refractivity contribution >= 4 is 33.4 Å². The Balaban J connectivity index is 1.94. The number of hydrogen-bond acceptors (Lipinski definition) is 4. The molecule has 2 aromatic carbocycles. The summed E-state index contributed by atoms with van der Waals surface area (Å²) >= 11 is 3.39. The third kappa shape index (κ3) is 3.13. The van der Waals surface area contributed by atoms with Gasteiger partial charge in [0.15, 0.2) is 0 Å². The summed E-state index contributed by atoms with van der Waals surface area (Å²) in [5.41, 5.74) is 2.44. The highest BCUT2D eigenvalue weighted by atomic mass is 79.9. The van der Waals surface area contributed by atoms with Crippen molar-refractivity contribution in [1.82, 2.24) is 0 Å². The van der Waals surface area contributed by atoms with Crippen LogP contribution in [0.4, 0.5) is 11.4 Å². The Morgan fingerprint density at radius 2 is 1.95 bits per heavy atom. The van der Waals surface area contributed by atoms with Crippen LogP contribution in [-0.2, 0) is 0 Å². The first kappa shape index (κ1) is 13.8. The molecule has 1 aliphatic heterocycles. The van der Waals surface area contributed by atoms with Crippen LogP contribution in [0.25, 0.3) is 6.08 Å². The molecule has 21 heavy (non-hydrogen) atoms. The van der Waals surface area contributed by atoms with Crippen molar-refractivity contribution in [3.05, 3.63) is 52.5 Å². The fourth-order valence-electron chi connectivity index (χ4n) is 2.00. The quantitative estimate of drug-likeness (QED) is 0.711. The minimum Gasteiger partial charge on any atom is -0.494 e. The molecular formula is C16H13BrN2O2. The van der Waals surface area contributed by atoms with Gasteiger partial charge < -0.3 is 9.47 Å². The van der Waals surface area contributed by atoms with E-state index in [2.05, 4.69) is 26.2 Å². The molecule has 0 unspecified atom stereocenters. The highest BCUT2D eigenvalue weighted by molar-refractivity contribution is 9.10. The predicted octanol–water partition coefficient (Wildman–Crippen LogP) is 5.28. The van der Waals surface area contributed by atoms with Gasteiger partial charge in [-0.1, -0.05) is 22.0 Å². The first-order valence-corrected chi connectivity index (χ1v) is 7.24. The van der Waals surface area contributed by atoms with E-state index < -0.39 is 0 Å². The smallest absolute Gasteiger partial charge is 0.150 e. The molecule has 0 spiro atoms. The molecule has 106 valence electrons. The first-order valence-electron chi connectivity index (χ1n) is 6.45. The Morgan fingerprint density at radius 3 is 2.71 bits per heavy atom. The van der Waals surface area contributed by atoms with E-state index in [4.69, 9.17) is 9.47 Å². The standard InChI is InChI=1S/C16H13BrN2O2/c1-20-16-10-15-11(3-2-8-21-15)9-14(16)19-18-13-6-4-12(17)5-7-13/h2-7,9-10H,8H2,1H3/b19-18+. The molecule has 0 aromatic heterocycles. The average Bonchev–Trinajstić information content (AvgIpc) is 2.53. The molecule has 1 aliphatic rings. The maximum atomic E-state index is 5.55. The maximum absolute atomic E-state index is 5.55. The summed E-state index contributed by atoms with van der Waals surface area (Å²) in [6, 6.07) is 11.4. The number of benzene rings is 2. The molecule has 0 amide bonds. The topological polar surface area (TPSA) is 43.2 Å². The molecule has 1 heterocycles. The van der Waals surface area contributed by atoms with E-state index in [1.807, 2.05) is 48.6 Å². The van der Waals surface area contributed by atoms with E-state index in [1.165, 1.54) is 0 Å². The van der Waals surface area contributed by atoms with E-state index in [-0.39, 0.29) is 0 Å². The molecule has 0 saturated heterocycles. The Kier molecular flexibility index (Phi) is 4.01. The lowest BCUT2D eigenvalue weighted by molar-refractivity contribution is 0.353. The van der Waals surface area contributed by atoms with Gasteiger partial charge in [0.2, 0.25) is 0 Å². The summed E-state index contributed by atoms with van der Waals surface area (Å²) in [5, 5.41) is 8.51. The summed E-state index contributed by atoms with van der Waals surface area (Å²) in [4.78, 5) is 0. The third-order valence-corrected chi connectivity index (χ3v) is 3.57. The van der Waals surface area contributed by atoms with Crippen molar-refractivity contribution < 1.29 is 9.47 Å². The summed E-state index contributed by atoms with van der Waals surface area (Å²) in [5.74, 6) is 1.45. The lowest BCUT2D eigenvalue weighted by Gasteiger charge is -2.14. The zero-order valence-corrected chi connectivity index (χ0v) is 13.0. The second kappa shape index (κ2) is 6.10. The number of methoxy groups -OCH3 is 1. The van der Waals surface area contributed by atoms with Crippen LogP contribution in [-0.4, -0.2) is 13.7 Å². The minimum atomic E-state index is 0.579. The summed E-state index contributed by atoms with van der Waals surface area (Å²) < 4.78 is 11.9. The number of fused-ring (bicyclic) bond motifs is 1. The minimum absolute atomic E-state index is 0.579. The van der Waals surface area contributed by atoms with Gasteiger partial charge in [0.05, 0.1) is 12.8 Å². The normalized spacial score (nSPS) is 13.0. The Hall–Kier alpha value is -2.14. The molecule has 0 N–H and O–H groups in total. The summed E-state index contributed by atoms with van der Waals surface area (Å²) in [6.07, 6.45) is 3.97. The van der Waals surface area contributed by atoms with Crippen molar-refractivity contribution in [1.29, 1.82) is 0 Å². The van der Waals surface area contributed by atoms with Crippen molar-refractivity contribution in [3.8, 4) is 11.5 Å². The van der Waals surface area contributed by atoms with Crippen LogP contribution in [0, 0.1) is 0 Å². The largest absolute Gasteiger partial charge is 0.494 e. The van der Waals surface area contributed by atoms with Crippen molar-refractivity contribution in [2.24, 2.45) is 10.2 Å². The van der Waals surface area contributed by atoms with E-state index in [0.717, 1.165) is 21.5 Å². The van der Waals surface area contributed by atoms with Crippen molar-refractivity contribution in [3.63, 3.8) is 0 Å². The molecule has 0 bridgehead atoms. The molecule has 3 rings (SSSR count). The van der Waals surface area contributed by atoms with Crippen LogP contribution >= 0.6 is 15.9 Å². The van der Waals surface area contributed by atoms with Crippen molar-refractivity contribution in [2.45, 2.75) is 0 Å². The summed E-state index contributed by atoms with van der Waals surface area (Å²) in [6.45, 7) is 0.579. The lowest BCUT2D eigenvalue weighted by Crippen LogP contribution is -2.00. The van der Waals surface area contributed by atoms with Crippen LogP contribution in [0.3, 0.4) is 0 Å². The highest BCUT2D eigenvalue weighted by Gasteiger charge is 2.12. The summed E-state index contributed by atoms with van der Waals surface area (Å²) in [7, 11) is 1.61.